The third kappa shape index (κ3) is 14.1. The molecule has 2 N–H and O–H groups in total. The molecular formula is C18H38IN5O3. The second-order valence-electron chi connectivity index (χ2n) is 6.89. The number of halogens is 1. The van der Waals surface area contributed by atoms with Gasteiger partial charge in [-0.3, -0.25) is 9.69 Å². The maximum atomic E-state index is 11.8. The molecule has 1 aliphatic heterocycles. The third-order valence-corrected chi connectivity index (χ3v) is 4.01. The maximum absolute atomic E-state index is 11.8. The number of ether oxygens (including phenoxy) is 2. The van der Waals surface area contributed by atoms with Gasteiger partial charge in [0.15, 0.2) is 5.96 Å². The van der Waals surface area contributed by atoms with Gasteiger partial charge in [0.1, 0.15) is 6.54 Å². The number of nitrogens with zero attached hydrogens (tertiary/aromatic N) is 3. The van der Waals surface area contributed by atoms with E-state index in [9.17, 15) is 4.79 Å². The van der Waals surface area contributed by atoms with Crippen LogP contribution in [0.1, 0.15) is 26.7 Å². The first-order valence-corrected chi connectivity index (χ1v) is 9.63. The van der Waals surface area contributed by atoms with Gasteiger partial charge in [0, 0.05) is 53.4 Å². The summed E-state index contributed by atoms with van der Waals surface area (Å²) in [5, 5.41) is 6.63. The minimum absolute atomic E-state index is 0. The molecule has 0 aromatic heterocycles. The van der Waals surface area contributed by atoms with Crippen LogP contribution in [0, 0.1) is 0 Å². The van der Waals surface area contributed by atoms with Crippen LogP contribution < -0.4 is 10.6 Å². The van der Waals surface area contributed by atoms with Crippen molar-refractivity contribution < 1.29 is 14.3 Å². The Morgan fingerprint density at radius 2 is 1.85 bits per heavy atom. The lowest BCUT2D eigenvalue weighted by molar-refractivity contribution is -0.127. The molecule has 0 aromatic rings. The number of likely N-dealkylation sites (N-methyl/N-ethyl adjacent to an activating group) is 1. The van der Waals surface area contributed by atoms with Gasteiger partial charge in [-0.15, -0.1) is 24.0 Å². The Bertz CT molecular complexity index is 416. The van der Waals surface area contributed by atoms with Gasteiger partial charge in [-0.2, -0.15) is 0 Å². The van der Waals surface area contributed by atoms with Crippen LogP contribution in [-0.4, -0.2) is 101 Å². The summed E-state index contributed by atoms with van der Waals surface area (Å²) in [6, 6.07) is 0. The maximum Gasteiger partial charge on any atom is 0.243 e. The summed E-state index contributed by atoms with van der Waals surface area (Å²) in [4.78, 5) is 20.1. The molecule has 8 nitrogen and oxygen atoms in total. The van der Waals surface area contributed by atoms with E-state index in [1.54, 1.807) is 19.0 Å². The van der Waals surface area contributed by atoms with Crippen LogP contribution >= 0.6 is 24.0 Å². The zero-order valence-corrected chi connectivity index (χ0v) is 19.7. The first kappa shape index (κ1) is 26.4. The highest BCUT2D eigenvalue weighted by molar-refractivity contribution is 14.0. The highest BCUT2D eigenvalue weighted by Crippen LogP contribution is 1.95. The monoisotopic (exact) mass is 499 g/mol. The molecular weight excluding hydrogens is 461 g/mol. The van der Waals surface area contributed by atoms with Gasteiger partial charge >= 0.3 is 0 Å². The lowest BCUT2D eigenvalue weighted by Crippen LogP contribution is -2.45. The highest BCUT2D eigenvalue weighted by Gasteiger charge is 2.10. The fraction of sp³-hybridized carbons (Fsp3) is 0.889. The number of aliphatic imine (C=N–C) groups is 1. The molecule has 1 rings (SSSR count). The van der Waals surface area contributed by atoms with E-state index in [4.69, 9.17) is 9.47 Å². The minimum Gasteiger partial charge on any atom is -0.379 e. The van der Waals surface area contributed by atoms with E-state index in [2.05, 4.69) is 20.5 Å². The Morgan fingerprint density at radius 3 is 2.48 bits per heavy atom. The van der Waals surface area contributed by atoms with Gasteiger partial charge in [-0.05, 0) is 26.7 Å². The Balaban J connectivity index is 0.00000676. The van der Waals surface area contributed by atoms with Crippen molar-refractivity contribution >= 4 is 35.8 Å². The van der Waals surface area contributed by atoms with E-state index in [0.29, 0.717) is 5.96 Å². The minimum atomic E-state index is -0.00962. The SMILES string of the molecule is CC(C)OCCCCNC(=NCC(=O)N(C)C)NCCN1CCOCC1.I. The predicted octanol–water partition coefficient (Wildman–Crippen LogP) is 0.765. The molecule has 0 radical (unpaired) electrons. The number of carbonyl (C=O) groups is 1. The molecule has 0 aliphatic carbocycles. The zero-order chi connectivity index (χ0) is 19.2. The predicted molar refractivity (Wildman–Crippen MR) is 120 cm³/mol. The van der Waals surface area contributed by atoms with E-state index >= 15 is 0 Å². The molecule has 1 fully saturated rings. The van der Waals surface area contributed by atoms with Crippen LogP contribution in [0.2, 0.25) is 0 Å². The summed E-state index contributed by atoms with van der Waals surface area (Å²) in [7, 11) is 3.48. The summed E-state index contributed by atoms with van der Waals surface area (Å²) < 4.78 is 10.9. The van der Waals surface area contributed by atoms with Crippen LogP contribution in [0.25, 0.3) is 0 Å². The third-order valence-electron chi connectivity index (χ3n) is 4.01. The highest BCUT2D eigenvalue weighted by atomic mass is 127. The van der Waals surface area contributed by atoms with Crippen molar-refractivity contribution in [2.45, 2.75) is 32.8 Å². The van der Waals surface area contributed by atoms with Gasteiger partial charge in [0.25, 0.3) is 0 Å². The van der Waals surface area contributed by atoms with E-state index < -0.39 is 0 Å². The molecule has 1 saturated heterocycles. The number of rotatable bonds is 11. The van der Waals surface area contributed by atoms with Gasteiger partial charge in [0.2, 0.25) is 5.91 Å². The van der Waals surface area contributed by atoms with E-state index in [0.717, 1.165) is 65.4 Å². The van der Waals surface area contributed by atoms with Crippen molar-refractivity contribution in [2.75, 3.05) is 73.2 Å². The average molecular weight is 499 g/mol. The molecule has 1 amide bonds. The normalized spacial score (nSPS) is 15.4. The number of hydrogen-bond donors (Lipinski definition) is 2. The molecule has 160 valence electrons. The number of unbranched alkanes of at least 4 members (excludes halogenated alkanes) is 1. The van der Waals surface area contributed by atoms with Gasteiger partial charge < -0.3 is 25.0 Å². The fourth-order valence-electron chi connectivity index (χ4n) is 2.37. The summed E-state index contributed by atoms with van der Waals surface area (Å²) in [6.07, 6.45) is 2.28. The van der Waals surface area contributed by atoms with Crippen molar-refractivity contribution in [1.29, 1.82) is 0 Å². The van der Waals surface area contributed by atoms with E-state index in [1.165, 1.54) is 0 Å². The second-order valence-corrected chi connectivity index (χ2v) is 6.89. The second kappa shape index (κ2) is 16.3. The Morgan fingerprint density at radius 1 is 1.19 bits per heavy atom. The number of nitrogens with one attached hydrogen (secondary N) is 2. The lowest BCUT2D eigenvalue weighted by Gasteiger charge is -2.26. The lowest BCUT2D eigenvalue weighted by atomic mass is 10.3. The van der Waals surface area contributed by atoms with Crippen LogP contribution in [0.15, 0.2) is 4.99 Å². The van der Waals surface area contributed by atoms with Crippen LogP contribution in [0.4, 0.5) is 0 Å². The van der Waals surface area contributed by atoms with Gasteiger partial charge in [0.05, 0.1) is 19.3 Å². The summed E-state index contributed by atoms with van der Waals surface area (Å²) in [5.74, 6) is 0.683. The number of guanidine groups is 1. The molecule has 0 saturated carbocycles. The van der Waals surface area contributed by atoms with Crippen LogP contribution in [0.3, 0.4) is 0 Å². The fourth-order valence-corrected chi connectivity index (χ4v) is 2.37. The number of hydrogen-bond acceptors (Lipinski definition) is 5. The van der Waals surface area contributed by atoms with Crippen molar-refractivity contribution in [3.05, 3.63) is 0 Å². The van der Waals surface area contributed by atoms with Crippen LogP contribution in [-0.2, 0) is 14.3 Å². The number of amides is 1. The van der Waals surface area contributed by atoms with Crippen molar-refractivity contribution in [2.24, 2.45) is 4.99 Å². The number of morpholine rings is 1. The molecule has 0 spiro atoms. The summed E-state index contributed by atoms with van der Waals surface area (Å²) >= 11 is 0. The Kier molecular flexibility index (Phi) is 15.9. The Hall–Kier alpha value is -0.650. The quantitative estimate of drug-likeness (QED) is 0.189. The Labute approximate surface area is 181 Å². The number of carbonyl (C=O) groups excluding carboxylic acids is 1. The zero-order valence-electron chi connectivity index (χ0n) is 17.3. The molecule has 1 aliphatic rings. The molecule has 0 unspecified atom stereocenters. The topological polar surface area (TPSA) is 78.4 Å². The van der Waals surface area contributed by atoms with Gasteiger partial charge in [-0.25, -0.2) is 4.99 Å². The molecule has 0 bridgehead atoms. The smallest absolute Gasteiger partial charge is 0.243 e. The standard InChI is InChI=1S/C18H37N5O3.HI/c1-16(2)26-12-6-5-7-19-18(21-15-17(24)22(3)4)20-8-9-23-10-13-25-14-11-23;/h16H,5-15H2,1-4H3,(H2,19,20,21);1H. The molecule has 9 heteroatoms. The van der Waals surface area contributed by atoms with Crippen molar-refractivity contribution in [3.8, 4) is 0 Å². The molecule has 27 heavy (non-hydrogen) atoms. The first-order valence-electron chi connectivity index (χ1n) is 9.63. The van der Waals surface area contributed by atoms with Crippen molar-refractivity contribution in [1.82, 2.24) is 20.4 Å². The largest absolute Gasteiger partial charge is 0.379 e. The molecule has 0 atom stereocenters. The van der Waals surface area contributed by atoms with Crippen molar-refractivity contribution in [3.63, 3.8) is 0 Å². The van der Waals surface area contributed by atoms with Crippen LogP contribution in [0.5, 0.6) is 0 Å². The molecule has 1 heterocycles. The summed E-state index contributed by atoms with van der Waals surface area (Å²) in [6.45, 7) is 11.1. The van der Waals surface area contributed by atoms with E-state index in [1.807, 2.05) is 13.8 Å². The van der Waals surface area contributed by atoms with Gasteiger partial charge in [-0.1, -0.05) is 0 Å². The summed E-state index contributed by atoms with van der Waals surface area (Å²) in [5.41, 5.74) is 0. The average Bonchev–Trinajstić information content (AvgIpc) is 2.62. The van der Waals surface area contributed by atoms with E-state index in [-0.39, 0.29) is 42.5 Å². The molecule has 0 aromatic carbocycles. The first-order chi connectivity index (χ1) is 12.5.